The van der Waals surface area contributed by atoms with Crippen molar-refractivity contribution < 1.29 is 9.53 Å². The van der Waals surface area contributed by atoms with Gasteiger partial charge in [0, 0.05) is 44.2 Å². The van der Waals surface area contributed by atoms with Crippen molar-refractivity contribution in [1.82, 2.24) is 5.32 Å². The highest BCUT2D eigenvalue weighted by Crippen LogP contribution is 2.33. The lowest BCUT2D eigenvalue weighted by Gasteiger charge is -2.20. The number of likely N-dealkylation sites (N-methyl/N-ethyl adjacent to an activating group) is 1. The maximum atomic E-state index is 11.8. The van der Waals surface area contributed by atoms with Gasteiger partial charge in [0.25, 0.3) is 0 Å². The van der Waals surface area contributed by atoms with Crippen LogP contribution in [0.4, 0.5) is 11.4 Å². The van der Waals surface area contributed by atoms with Gasteiger partial charge in [-0.2, -0.15) is 0 Å². The van der Waals surface area contributed by atoms with Crippen molar-refractivity contribution >= 4 is 17.3 Å². The number of hydrogen-bond acceptors (Lipinski definition) is 4. The number of ether oxygens (including phenoxy) is 1. The molecule has 5 nitrogen and oxygen atoms in total. The molecule has 0 bridgehead atoms. The molecule has 1 atom stereocenters. The van der Waals surface area contributed by atoms with E-state index in [2.05, 4.69) is 21.6 Å². The van der Waals surface area contributed by atoms with Gasteiger partial charge in [-0.05, 0) is 25.6 Å². The lowest BCUT2D eigenvalue weighted by Crippen LogP contribution is -2.23. The predicted octanol–water partition coefficient (Wildman–Crippen LogP) is 1.37. The SMILES string of the molecule is CNC1C(=O)Nc2cc(N(C)CCCOC)ccc21. The average Bonchev–Trinajstić information content (AvgIpc) is 2.73. The lowest BCUT2D eigenvalue weighted by molar-refractivity contribution is -0.117. The van der Waals surface area contributed by atoms with Gasteiger partial charge in [-0.3, -0.25) is 4.79 Å². The number of hydrogen-bond donors (Lipinski definition) is 2. The summed E-state index contributed by atoms with van der Waals surface area (Å²) in [6, 6.07) is 5.85. The largest absolute Gasteiger partial charge is 0.385 e. The van der Waals surface area contributed by atoms with E-state index in [1.807, 2.05) is 19.2 Å². The van der Waals surface area contributed by atoms with Crippen LogP contribution in [-0.2, 0) is 9.53 Å². The zero-order valence-corrected chi connectivity index (χ0v) is 11.7. The monoisotopic (exact) mass is 263 g/mol. The molecular weight excluding hydrogens is 242 g/mol. The molecule has 0 aromatic heterocycles. The molecule has 1 aromatic carbocycles. The molecule has 19 heavy (non-hydrogen) atoms. The summed E-state index contributed by atoms with van der Waals surface area (Å²) in [5.41, 5.74) is 3.02. The van der Waals surface area contributed by atoms with Crippen LogP contribution in [0.3, 0.4) is 0 Å². The minimum Gasteiger partial charge on any atom is -0.385 e. The first kappa shape index (κ1) is 13.8. The molecule has 1 aliphatic rings. The van der Waals surface area contributed by atoms with Gasteiger partial charge in [0.1, 0.15) is 6.04 Å². The summed E-state index contributed by atoms with van der Waals surface area (Å²) >= 11 is 0. The topological polar surface area (TPSA) is 53.6 Å². The van der Waals surface area contributed by atoms with Gasteiger partial charge in [-0.25, -0.2) is 0 Å². The van der Waals surface area contributed by atoms with Crippen molar-refractivity contribution in [3.8, 4) is 0 Å². The second-order valence-corrected chi connectivity index (χ2v) is 4.75. The molecule has 0 saturated heterocycles. The highest BCUT2D eigenvalue weighted by atomic mass is 16.5. The smallest absolute Gasteiger partial charge is 0.246 e. The van der Waals surface area contributed by atoms with Crippen molar-refractivity contribution in [2.45, 2.75) is 12.5 Å². The second-order valence-electron chi connectivity index (χ2n) is 4.75. The minimum atomic E-state index is -0.233. The fourth-order valence-electron chi connectivity index (χ4n) is 2.35. The van der Waals surface area contributed by atoms with Gasteiger partial charge in [0.15, 0.2) is 0 Å². The molecule has 0 radical (unpaired) electrons. The Morgan fingerprint density at radius 2 is 2.26 bits per heavy atom. The average molecular weight is 263 g/mol. The van der Waals surface area contributed by atoms with Crippen LogP contribution in [0, 0.1) is 0 Å². The molecule has 0 aliphatic carbocycles. The van der Waals surface area contributed by atoms with Gasteiger partial charge >= 0.3 is 0 Å². The van der Waals surface area contributed by atoms with Gasteiger partial charge in [-0.15, -0.1) is 0 Å². The van der Waals surface area contributed by atoms with Crippen molar-refractivity contribution in [3.63, 3.8) is 0 Å². The maximum absolute atomic E-state index is 11.8. The molecule has 2 N–H and O–H groups in total. The Morgan fingerprint density at radius 1 is 1.47 bits per heavy atom. The van der Waals surface area contributed by atoms with E-state index in [1.165, 1.54) is 0 Å². The summed E-state index contributed by atoms with van der Waals surface area (Å²) in [5, 5.41) is 5.93. The summed E-state index contributed by atoms with van der Waals surface area (Å²) in [7, 11) is 5.55. The molecule has 1 heterocycles. The van der Waals surface area contributed by atoms with Crippen molar-refractivity contribution in [3.05, 3.63) is 23.8 Å². The first-order valence-corrected chi connectivity index (χ1v) is 6.49. The van der Waals surface area contributed by atoms with E-state index >= 15 is 0 Å². The summed E-state index contributed by atoms with van der Waals surface area (Å²) < 4.78 is 5.05. The quantitative estimate of drug-likeness (QED) is 0.761. The number of nitrogens with one attached hydrogen (secondary N) is 2. The van der Waals surface area contributed by atoms with Crippen molar-refractivity contribution in [2.24, 2.45) is 0 Å². The normalized spacial score (nSPS) is 17.2. The number of nitrogens with zero attached hydrogens (tertiary/aromatic N) is 1. The Labute approximate surface area is 113 Å². The summed E-state index contributed by atoms with van der Waals surface area (Å²) in [5.74, 6) is 0.0108. The summed E-state index contributed by atoms with van der Waals surface area (Å²) in [4.78, 5) is 13.9. The molecule has 0 spiro atoms. The van der Waals surface area contributed by atoms with Crippen LogP contribution in [-0.4, -0.2) is 40.3 Å². The van der Waals surface area contributed by atoms with E-state index in [-0.39, 0.29) is 11.9 Å². The van der Waals surface area contributed by atoms with E-state index in [1.54, 1.807) is 14.2 Å². The fourth-order valence-corrected chi connectivity index (χ4v) is 2.35. The molecule has 0 saturated carbocycles. The van der Waals surface area contributed by atoms with Gasteiger partial charge in [0.05, 0.1) is 0 Å². The molecule has 0 fully saturated rings. The van der Waals surface area contributed by atoms with E-state index in [9.17, 15) is 4.79 Å². The van der Waals surface area contributed by atoms with E-state index < -0.39 is 0 Å². The second kappa shape index (κ2) is 6.04. The molecule has 1 amide bonds. The third-order valence-electron chi connectivity index (χ3n) is 3.44. The third-order valence-corrected chi connectivity index (χ3v) is 3.44. The number of carbonyl (C=O) groups is 1. The minimum absolute atomic E-state index is 0.0108. The molecular formula is C14H21N3O2. The van der Waals surface area contributed by atoms with Crippen LogP contribution in [0.25, 0.3) is 0 Å². The van der Waals surface area contributed by atoms with E-state index in [4.69, 9.17) is 4.74 Å². The molecule has 5 heteroatoms. The molecule has 2 rings (SSSR count). The Bertz CT molecular complexity index is 462. The Morgan fingerprint density at radius 3 is 2.95 bits per heavy atom. The number of carbonyl (C=O) groups excluding carboxylic acids is 1. The number of anilines is 2. The number of methoxy groups -OCH3 is 1. The summed E-state index contributed by atoms with van der Waals surface area (Å²) in [6.07, 6.45) is 0.982. The Hall–Kier alpha value is -1.59. The highest BCUT2D eigenvalue weighted by Gasteiger charge is 2.29. The lowest BCUT2D eigenvalue weighted by atomic mass is 10.1. The van der Waals surface area contributed by atoms with Crippen LogP contribution in [0.2, 0.25) is 0 Å². The Kier molecular flexibility index (Phi) is 4.39. The first-order valence-electron chi connectivity index (χ1n) is 6.49. The maximum Gasteiger partial charge on any atom is 0.246 e. The predicted molar refractivity (Wildman–Crippen MR) is 76.6 cm³/mol. The van der Waals surface area contributed by atoms with E-state index in [0.717, 1.165) is 36.5 Å². The molecule has 1 unspecified atom stereocenters. The third kappa shape index (κ3) is 2.88. The first-order chi connectivity index (χ1) is 9.17. The highest BCUT2D eigenvalue weighted by molar-refractivity contribution is 6.03. The van der Waals surface area contributed by atoms with Gasteiger partial charge in [0.2, 0.25) is 5.91 Å². The number of benzene rings is 1. The van der Waals surface area contributed by atoms with Crippen LogP contribution >= 0.6 is 0 Å². The van der Waals surface area contributed by atoms with Crippen LogP contribution < -0.4 is 15.5 Å². The standard InChI is InChI=1S/C14H21N3O2/c1-15-13-11-6-5-10(9-12(11)16-14(13)18)17(2)7-4-8-19-3/h5-6,9,13,15H,4,7-8H2,1-3H3,(H,16,18). The summed E-state index contributed by atoms with van der Waals surface area (Å²) in [6.45, 7) is 1.68. The van der Waals surface area contributed by atoms with Crippen LogP contribution in [0.15, 0.2) is 18.2 Å². The Balaban J connectivity index is 2.10. The number of fused-ring (bicyclic) bond motifs is 1. The van der Waals surface area contributed by atoms with Gasteiger partial charge in [-0.1, -0.05) is 6.07 Å². The number of rotatable bonds is 6. The van der Waals surface area contributed by atoms with Crippen LogP contribution in [0.5, 0.6) is 0 Å². The molecule has 1 aliphatic heterocycles. The van der Waals surface area contributed by atoms with Crippen molar-refractivity contribution in [1.29, 1.82) is 0 Å². The number of amides is 1. The van der Waals surface area contributed by atoms with Crippen LogP contribution in [0.1, 0.15) is 18.0 Å². The van der Waals surface area contributed by atoms with Gasteiger partial charge < -0.3 is 20.3 Å². The fraction of sp³-hybridized carbons (Fsp3) is 0.500. The molecule has 1 aromatic rings. The molecule has 104 valence electrons. The zero-order chi connectivity index (χ0) is 13.8. The van der Waals surface area contributed by atoms with E-state index in [0.29, 0.717) is 0 Å². The zero-order valence-electron chi connectivity index (χ0n) is 11.7. The van der Waals surface area contributed by atoms with Crippen molar-refractivity contribution in [2.75, 3.05) is 44.6 Å².